The van der Waals surface area contributed by atoms with Gasteiger partial charge in [-0.1, -0.05) is 0 Å². The van der Waals surface area contributed by atoms with Crippen molar-refractivity contribution in [1.82, 2.24) is 19.9 Å². The van der Waals surface area contributed by atoms with Crippen LogP contribution < -0.4 is 15.9 Å². The maximum atomic E-state index is 11.7. The van der Waals surface area contributed by atoms with Crippen molar-refractivity contribution in [3.8, 4) is 6.01 Å². The normalized spacial score (nSPS) is 10.4. The molecular formula is C10H10N4O5. The minimum absolute atomic E-state index is 0.0146. The van der Waals surface area contributed by atoms with Gasteiger partial charge in [0, 0.05) is 0 Å². The summed E-state index contributed by atoms with van der Waals surface area (Å²) in [5.41, 5.74) is -1.40. The molecule has 0 amide bonds. The van der Waals surface area contributed by atoms with Crippen molar-refractivity contribution < 1.29 is 14.3 Å². The zero-order valence-corrected chi connectivity index (χ0v) is 10.1. The predicted molar refractivity (Wildman–Crippen MR) is 63.1 cm³/mol. The number of nitrogens with one attached hydrogen (secondary N) is 2. The molecule has 2 heterocycles. The van der Waals surface area contributed by atoms with E-state index in [4.69, 9.17) is 4.74 Å². The highest BCUT2D eigenvalue weighted by Crippen LogP contribution is 2.03. The first-order valence-corrected chi connectivity index (χ1v) is 5.19. The van der Waals surface area contributed by atoms with Crippen LogP contribution in [0, 0.1) is 0 Å². The zero-order valence-electron chi connectivity index (χ0n) is 10.1. The van der Waals surface area contributed by atoms with E-state index in [0.717, 1.165) is 0 Å². The van der Waals surface area contributed by atoms with Gasteiger partial charge in [0.2, 0.25) is 0 Å². The lowest BCUT2D eigenvalue weighted by Crippen LogP contribution is -2.23. The molecule has 0 aliphatic carbocycles. The number of aromatic amines is 2. The Morgan fingerprint density at radius 2 is 1.89 bits per heavy atom. The van der Waals surface area contributed by atoms with Crippen molar-refractivity contribution in [1.29, 1.82) is 0 Å². The minimum atomic E-state index is -0.629. The third-order valence-corrected chi connectivity index (χ3v) is 2.35. The molecular weight excluding hydrogens is 256 g/mol. The molecule has 0 bridgehead atoms. The van der Waals surface area contributed by atoms with Crippen molar-refractivity contribution in [2.45, 2.75) is 6.42 Å². The standard InChI is InChI=1S/C10H10N4O5/c1-18-5(15)3-4-8(16)12-7-6(11-4)9(17)14-10(13-7)19-2/h3H2,1-2H3,(H2,12,13,14,16,17). The molecule has 2 rings (SSSR count). The third-order valence-electron chi connectivity index (χ3n) is 2.35. The van der Waals surface area contributed by atoms with Gasteiger partial charge in [-0.15, -0.1) is 0 Å². The van der Waals surface area contributed by atoms with Crippen molar-refractivity contribution in [3.05, 3.63) is 26.4 Å². The first kappa shape index (κ1) is 12.7. The number of fused-ring (bicyclic) bond motifs is 1. The second-order valence-corrected chi connectivity index (χ2v) is 3.54. The molecule has 2 N–H and O–H groups in total. The van der Waals surface area contributed by atoms with Crippen LogP contribution in [0.5, 0.6) is 6.01 Å². The molecule has 9 heteroatoms. The summed E-state index contributed by atoms with van der Waals surface area (Å²) in [6.07, 6.45) is -0.326. The van der Waals surface area contributed by atoms with Crippen LogP contribution in [-0.4, -0.2) is 40.1 Å². The fourth-order valence-corrected chi connectivity index (χ4v) is 1.43. The number of carbonyl (C=O) groups excluding carboxylic acids is 1. The summed E-state index contributed by atoms with van der Waals surface area (Å²) in [5.74, 6) is -0.629. The summed E-state index contributed by atoms with van der Waals surface area (Å²) in [4.78, 5) is 46.9. The molecule has 0 aliphatic rings. The van der Waals surface area contributed by atoms with Crippen molar-refractivity contribution >= 4 is 17.1 Å². The van der Waals surface area contributed by atoms with Crippen LogP contribution >= 0.6 is 0 Å². The van der Waals surface area contributed by atoms with E-state index in [1.807, 2.05) is 0 Å². The van der Waals surface area contributed by atoms with Gasteiger partial charge in [-0.3, -0.25) is 19.4 Å². The Labute approximate surface area is 105 Å². The van der Waals surface area contributed by atoms with Crippen LogP contribution in [0.1, 0.15) is 5.69 Å². The van der Waals surface area contributed by atoms with Crippen LogP contribution in [0.2, 0.25) is 0 Å². The van der Waals surface area contributed by atoms with Gasteiger partial charge in [0.15, 0.2) is 11.2 Å². The molecule has 2 aromatic heterocycles. The summed E-state index contributed by atoms with van der Waals surface area (Å²) in [5, 5.41) is 0. The van der Waals surface area contributed by atoms with E-state index in [2.05, 4.69) is 24.7 Å². The van der Waals surface area contributed by atoms with Gasteiger partial charge < -0.3 is 14.5 Å². The molecule has 2 aromatic rings. The first-order chi connectivity index (χ1) is 9.05. The molecule has 0 atom stereocenters. The van der Waals surface area contributed by atoms with Gasteiger partial charge in [-0.25, -0.2) is 4.98 Å². The Bertz CT molecular complexity index is 748. The first-order valence-electron chi connectivity index (χ1n) is 5.19. The molecule has 9 nitrogen and oxygen atoms in total. The highest BCUT2D eigenvalue weighted by Gasteiger charge is 2.13. The Balaban J connectivity index is 2.63. The highest BCUT2D eigenvalue weighted by molar-refractivity contribution is 5.73. The fraction of sp³-hybridized carbons (Fsp3) is 0.300. The SMILES string of the molecule is COC(=O)Cc1nc2c(=O)[nH]c(OC)nc2[nH]c1=O. The molecule has 0 unspecified atom stereocenters. The summed E-state index contributed by atoms with van der Waals surface area (Å²) in [7, 11) is 2.51. The molecule has 0 spiro atoms. The summed E-state index contributed by atoms with van der Waals surface area (Å²) in [6.45, 7) is 0. The van der Waals surface area contributed by atoms with E-state index in [1.165, 1.54) is 14.2 Å². The lowest BCUT2D eigenvalue weighted by Gasteiger charge is -2.02. The summed E-state index contributed by atoms with van der Waals surface area (Å²) in [6, 6.07) is -0.0457. The van der Waals surface area contributed by atoms with E-state index >= 15 is 0 Å². The fourth-order valence-electron chi connectivity index (χ4n) is 1.43. The quantitative estimate of drug-likeness (QED) is 0.663. The lowest BCUT2D eigenvalue weighted by atomic mass is 10.3. The van der Waals surface area contributed by atoms with Crippen molar-refractivity contribution in [3.63, 3.8) is 0 Å². The Kier molecular flexibility index (Phi) is 3.27. The molecule has 0 radical (unpaired) electrons. The molecule has 0 aromatic carbocycles. The maximum absolute atomic E-state index is 11.7. The van der Waals surface area contributed by atoms with Gasteiger partial charge in [-0.2, -0.15) is 4.98 Å². The minimum Gasteiger partial charge on any atom is -0.469 e. The summed E-state index contributed by atoms with van der Waals surface area (Å²) < 4.78 is 9.20. The molecule has 0 fully saturated rings. The number of esters is 1. The second-order valence-electron chi connectivity index (χ2n) is 3.54. The largest absolute Gasteiger partial charge is 0.469 e. The van der Waals surface area contributed by atoms with Crippen LogP contribution in [0.25, 0.3) is 11.2 Å². The van der Waals surface area contributed by atoms with Gasteiger partial charge in [-0.05, 0) is 0 Å². The van der Waals surface area contributed by atoms with Gasteiger partial charge >= 0.3 is 5.97 Å². The van der Waals surface area contributed by atoms with E-state index in [1.54, 1.807) is 0 Å². The molecule has 0 saturated carbocycles. The monoisotopic (exact) mass is 266 g/mol. The van der Waals surface area contributed by atoms with Gasteiger partial charge in [0.05, 0.1) is 20.6 Å². The number of ether oxygens (including phenoxy) is 2. The average molecular weight is 266 g/mol. The van der Waals surface area contributed by atoms with Crippen molar-refractivity contribution in [2.24, 2.45) is 0 Å². The topological polar surface area (TPSA) is 127 Å². The average Bonchev–Trinajstić information content (AvgIpc) is 2.39. The second kappa shape index (κ2) is 4.88. The number of carbonyl (C=O) groups is 1. The number of nitrogens with zero attached hydrogens (tertiary/aromatic N) is 2. The Morgan fingerprint density at radius 3 is 2.53 bits per heavy atom. The smallest absolute Gasteiger partial charge is 0.311 e. The third kappa shape index (κ3) is 2.44. The van der Waals surface area contributed by atoms with E-state index in [0.29, 0.717) is 0 Å². The number of hydrogen-bond donors (Lipinski definition) is 2. The Morgan fingerprint density at radius 1 is 1.16 bits per heavy atom. The number of hydrogen-bond acceptors (Lipinski definition) is 7. The summed E-state index contributed by atoms with van der Waals surface area (Å²) >= 11 is 0. The highest BCUT2D eigenvalue weighted by atomic mass is 16.5. The van der Waals surface area contributed by atoms with Crippen LogP contribution in [0.3, 0.4) is 0 Å². The lowest BCUT2D eigenvalue weighted by molar-refractivity contribution is -0.139. The van der Waals surface area contributed by atoms with Gasteiger partial charge in [0.25, 0.3) is 17.1 Å². The maximum Gasteiger partial charge on any atom is 0.311 e. The predicted octanol–water partition coefficient (Wildman–Crippen LogP) is -1.27. The number of methoxy groups -OCH3 is 2. The molecule has 0 saturated heterocycles. The van der Waals surface area contributed by atoms with Crippen LogP contribution in [0.15, 0.2) is 9.59 Å². The van der Waals surface area contributed by atoms with Gasteiger partial charge in [0.1, 0.15) is 5.69 Å². The molecule has 100 valence electrons. The molecule has 19 heavy (non-hydrogen) atoms. The zero-order chi connectivity index (χ0) is 14.0. The van der Waals surface area contributed by atoms with Crippen LogP contribution in [0.4, 0.5) is 0 Å². The van der Waals surface area contributed by atoms with E-state index in [-0.39, 0.29) is 29.3 Å². The Hall–Kier alpha value is -2.71. The number of H-pyrrole nitrogens is 2. The van der Waals surface area contributed by atoms with E-state index in [9.17, 15) is 14.4 Å². The van der Waals surface area contributed by atoms with E-state index < -0.39 is 17.1 Å². The van der Waals surface area contributed by atoms with Crippen LogP contribution in [-0.2, 0) is 16.0 Å². The number of aromatic nitrogens is 4. The number of rotatable bonds is 3. The molecule has 0 aliphatic heterocycles. The van der Waals surface area contributed by atoms with Crippen molar-refractivity contribution in [2.75, 3.05) is 14.2 Å².